The maximum atomic E-state index is 14.1. The molecule has 0 saturated heterocycles. The molecule has 6 heteroatoms. The van der Waals surface area contributed by atoms with Crippen molar-refractivity contribution in [2.45, 2.75) is 45.1 Å². The second kappa shape index (κ2) is 7.13. The third-order valence-corrected chi connectivity index (χ3v) is 4.53. The number of carbonyl (C=O) groups excluding carboxylic acids is 1. The predicted molar refractivity (Wildman–Crippen MR) is 88.8 cm³/mol. The Balaban J connectivity index is 1.94. The van der Waals surface area contributed by atoms with Crippen LogP contribution in [0.5, 0.6) is 0 Å². The van der Waals surface area contributed by atoms with E-state index in [0.29, 0.717) is 17.8 Å². The molecule has 0 bridgehead atoms. The van der Waals surface area contributed by atoms with Crippen LogP contribution >= 0.6 is 0 Å². The van der Waals surface area contributed by atoms with Crippen molar-refractivity contribution in [3.63, 3.8) is 0 Å². The predicted octanol–water partition coefficient (Wildman–Crippen LogP) is 2.39. The van der Waals surface area contributed by atoms with Gasteiger partial charge in [-0.3, -0.25) is 4.79 Å². The number of nitrogens with one attached hydrogen (secondary N) is 1. The molecule has 2 N–H and O–H groups in total. The molecular formula is C18H22FN3O2. The Kier molecular flexibility index (Phi) is 4.94. The van der Waals surface area contributed by atoms with Crippen LogP contribution in [0.1, 0.15) is 47.9 Å². The van der Waals surface area contributed by atoms with E-state index in [2.05, 4.69) is 10.4 Å². The van der Waals surface area contributed by atoms with Gasteiger partial charge in [0.1, 0.15) is 11.5 Å². The minimum atomic E-state index is -0.353. The number of aliphatic hydroxyl groups is 1. The summed E-state index contributed by atoms with van der Waals surface area (Å²) in [4.78, 5) is 12.6. The van der Waals surface area contributed by atoms with Crippen molar-refractivity contribution in [1.82, 2.24) is 15.1 Å². The summed E-state index contributed by atoms with van der Waals surface area (Å²) >= 11 is 0. The molecule has 1 aliphatic rings. The van der Waals surface area contributed by atoms with Gasteiger partial charge in [0.25, 0.3) is 5.91 Å². The Hall–Kier alpha value is -2.21. The lowest BCUT2D eigenvalue weighted by Crippen LogP contribution is -2.35. The van der Waals surface area contributed by atoms with Gasteiger partial charge in [-0.05, 0) is 44.2 Å². The highest BCUT2D eigenvalue weighted by atomic mass is 19.1. The molecule has 1 heterocycles. The smallest absolute Gasteiger partial charge is 0.272 e. The first-order valence-corrected chi connectivity index (χ1v) is 8.43. The first-order valence-electron chi connectivity index (χ1n) is 8.43. The van der Waals surface area contributed by atoms with E-state index in [4.69, 9.17) is 5.11 Å². The molecule has 1 aliphatic carbocycles. The molecule has 24 heavy (non-hydrogen) atoms. The second-order valence-electron chi connectivity index (χ2n) is 6.08. The van der Waals surface area contributed by atoms with Gasteiger partial charge in [0.15, 0.2) is 5.69 Å². The molecule has 0 saturated carbocycles. The van der Waals surface area contributed by atoms with Crippen LogP contribution in [0.15, 0.2) is 24.3 Å². The Labute approximate surface area is 140 Å². The van der Waals surface area contributed by atoms with Crippen LogP contribution < -0.4 is 5.32 Å². The van der Waals surface area contributed by atoms with Gasteiger partial charge < -0.3 is 10.4 Å². The Bertz CT molecular complexity index is 742. The lowest BCUT2D eigenvalue weighted by molar-refractivity contribution is 0.0922. The fourth-order valence-electron chi connectivity index (χ4n) is 3.23. The number of benzene rings is 1. The van der Waals surface area contributed by atoms with Crippen LogP contribution in [-0.4, -0.2) is 33.4 Å². The number of amides is 1. The van der Waals surface area contributed by atoms with E-state index in [9.17, 15) is 9.18 Å². The number of fused-ring (bicyclic) bond motifs is 1. The molecule has 0 aliphatic heterocycles. The molecule has 1 aromatic carbocycles. The molecule has 0 spiro atoms. The molecule has 0 radical (unpaired) electrons. The molecule has 3 rings (SSSR count). The molecule has 1 unspecified atom stereocenters. The summed E-state index contributed by atoms with van der Waals surface area (Å²) in [7, 11) is 0. The summed E-state index contributed by atoms with van der Waals surface area (Å²) in [6, 6.07) is 6.38. The maximum Gasteiger partial charge on any atom is 0.272 e. The number of halogens is 1. The van der Waals surface area contributed by atoms with Gasteiger partial charge in [0.05, 0.1) is 0 Å². The normalized spacial score (nSPS) is 14.5. The third-order valence-electron chi connectivity index (χ3n) is 4.53. The molecule has 2 aromatic rings. The van der Waals surface area contributed by atoms with Crippen LogP contribution in [-0.2, 0) is 12.8 Å². The third kappa shape index (κ3) is 3.06. The topological polar surface area (TPSA) is 67.2 Å². The Morgan fingerprint density at radius 2 is 2.21 bits per heavy atom. The van der Waals surface area contributed by atoms with Crippen molar-refractivity contribution in [3.8, 4) is 5.69 Å². The summed E-state index contributed by atoms with van der Waals surface area (Å²) in [5, 5.41) is 16.4. The van der Waals surface area contributed by atoms with E-state index in [1.165, 1.54) is 6.07 Å². The van der Waals surface area contributed by atoms with Crippen molar-refractivity contribution >= 4 is 5.91 Å². The molecular weight excluding hydrogens is 309 g/mol. The zero-order valence-corrected chi connectivity index (χ0v) is 13.8. The van der Waals surface area contributed by atoms with E-state index in [1.807, 2.05) is 6.92 Å². The number of aliphatic hydroxyl groups excluding tert-OH is 1. The van der Waals surface area contributed by atoms with Crippen molar-refractivity contribution in [2.75, 3.05) is 6.61 Å². The van der Waals surface area contributed by atoms with Crippen molar-refractivity contribution in [1.29, 1.82) is 0 Å². The molecule has 128 valence electrons. The summed E-state index contributed by atoms with van der Waals surface area (Å²) in [6.45, 7) is 1.99. The summed E-state index contributed by atoms with van der Waals surface area (Å²) < 4.78 is 15.7. The van der Waals surface area contributed by atoms with Gasteiger partial charge in [-0.2, -0.15) is 5.10 Å². The number of nitrogens with zero attached hydrogens (tertiary/aromatic N) is 2. The van der Waals surface area contributed by atoms with Gasteiger partial charge >= 0.3 is 0 Å². The highest BCUT2D eigenvalue weighted by Gasteiger charge is 2.28. The number of aromatic nitrogens is 2. The first-order chi connectivity index (χ1) is 11.7. The fourth-order valence-corrected chi connectivity index (χ4v) is 3.23. The van der Waals surface area contributed by atoms with Gasteiger partial charge in [-0.1, -0.05) is 19.1 Å². The van der Waals surface area contributed by atoms with Gasteiger partial charge in [0, 0.05) is 23.9 Å². The van der Waals surface area contributed by atoms with Crippen LogP contribution in [0.4, 0.5) is 4.39 Å². The number of hydrogen-bond donors (Lipinski definition) is 2. The molecule has 1 amide bonds. The van der Waals surface area contributed by atoms with Crippen molar-refractivity contribution in [2.24, 2.45) is 0 Å². The average Bonchev–Trinajstić information content (AvgIpc) is 3.17. The quantitative estimate of drug-likeness (QED) is 0.854. The highest BCUT2D eigenvalue weighted by Crippen LogP contribution is 2.28. The van der Waals surface area contributed by atoms with Crippen molar-refractivity contribution in [3.05, 3.63) is 47.0 Å². The number of hydrogen-bond acceptors (Lipinski definition) is 3. The van der Waals surface area contributed by atoms with Crippen molar-refractivity contribution < 1.29 is 14.3 Å². The molecule has 1 atom stereocenters. The maximum absolute atomic E-state index is 14.1. The zero-order valence-electron chi connectivity index (χ0n) is 13.8. The standard InChI is InChI=1S/C18H22FN3O2/c1-2-12(10-11-23)20-18(24)17-13-6-5-9-15(13)22(21-17)16-8-4-3-7-14(16)19/h3-4,7-8,12,23H,2,5-6,9-11H2,1H3,(H,20,24). The van der Waals surface area contributed by atoms with E-state index >= 15 is 0 Å². The number of rotatable bonds is 6. The fraction of sp³-hybridized carbons (Fsp3) is 0.444. The van der Waals surface area contributed by atoms with Crippen LogP contribution in [0.2, 0.25) is 0 Å². The minimum absolute atomic E-state index is 0.0283. The zero-order chi connectivity index (χ0) is 17.1. The van der Waals surface area contributed by atoms with Crippen LogP contribution in [0.25, 0.3) is 5.69 Å². The summed E-state index contributed by atoms with van der Waals surface area (Å²) in [5.41, 5.74) is 2.58. The average molecular weight is 331 g/mol. The Morgan fingerprint density at radius 3 is 2.92 bits per heavy atom. The first kappa shape index (κ1) is 16.6. The number of para-hydroxylation sites is 1. The van der Waals surface area contributed by atoms with E-state index < -0.39 is 0 Å². The summed E-state index contributed by atoms with van der Waals surface area (Å²) in [6.07, 6.45) is 3.76. The SMILES string of the molecule is CCC(CCO)NC(=O)c1nn(-c2ccccc2F)c2c1CCC2. The monoisotopic (exact) mass is 331 g/mol. The largest absolute Gasteiger partial charge is 0.396 e. The van der Waals surface area contributed by atoms with E-state index in [0.717, 1.165) is 36.9 Å². The van der Waals surface area contributed by atoms with Gasteiger partial charge in [-0.15, -0.1) is 0 Å². The lowest BCUT2D eigenvalue weighted by atomic mass is 10.1. The lowest BCUT2D eigenvalue weighted by Gasteiger charge is -2.15. The van der Waals surface area contributed by atoms with Crippen LogP contribution in [0.3, 0.4) is 0 Å². The van der Waals surface area contributed by atoms with Gasteiger partial charge in [0.2, 0.25) is 0 Å². The van der Waals surface area contributed by atoms with E-state index in [1.54, 1.807) is 22.9 Å². The molecule has 5 nitrogen and oxygen atoms in total. The summed E-state index contributed by atoms with van der Waals surface area (Å²) in [5.74, 6) is -0.600. The van der Waals surface area contributed by atoms with Crippen LogP contribution in [0, 0.1) is 5.82 Å². The van der Waals surface area contributed by atoms with E-state index in [-0.39, 0.29) is 24.4 Å². The van der Waals surface area contributed by atoms with Gasteiger partial charge in [-0.25, -0.2) is 9.07 Å². The molecule has 0 fully saturated rings. The number of carbonyl (C=O) groups is 1. The Morgan fingerprint density at radius 1 is 1.42 bits per heavy atom. The molecule has 1 aromatic heterocycles. The minimum Gasteiger partial charge on any atom is -0.396 e. The highest BCUT2D eigenvalue weighted by molar-refractivity contribution is 5.94. The second-order valence-corrected chi connectivity index (χ2v) is 6.08.